The van der Waals surface area contributed by atoms with Crippen molar-refractivity contribution in [1.82, 2.24) is 0 Å². The Morgan fingerprint density at radius 2 is 1.81 bits per heavy atom. The van der Waals surface area contributed by atoms with E-state index in [2.05, 4.69) is 0 Å². The first-order chi connectivity index (χ1) is 10.2. The van der Waals surface area contributed by atoms with Crippen LogP contribution in [0.4, 0.5) is 0 Å². The second-order valence-corrected chi connectivity index (χ2v) is 5.72. The van der Waals surface area contributed by atoms with E-state index in [1.807, 2.05) is 30.3 Å². The van der Waals surface area contributed by atoms with Gasteiger partial charge < -0.3 is 14.4 Å². The van der Waals surface area contributed by atoms with Crippen LogP contribution in [0.25, 0.3) is 0 Å². The third-order valence-corrected chi connectivity index (χ3v) is 3.84. The number of likely N-dealkylation sites (tertiary alicyclic amines) is 1. The normalized spacial score (nSPS) is 17.8. The SMILES string of the molecule is CC(=O)O[C@@H](COc1ccccc1)C[NH+]1CCCCCC1. The first-order valence-corrected chi connectivity index (χ1v) is 7.92. The number of hydrogen-bond donors (Lipinski definition) is 1. The van der Waals surface area contributed by atoms with Crippen LogP contribution in [0.3, 0.4) is 0 Å². The second kappa shape index (κ2) is 8.67. The summed E-state index contributed by atoms with van der Waals surface area (Å²) >= 11 is 0. The largest absolute Gasteiger partial charge is 0.489 e. The Bertz CT molecular complexity index is 413. The Morgan fingerprint density at radius 3 is 2.43 bits per heavy atom. The molecule has 1 aromatic rings. The molecule has 0 spiro atoms. The summed E-state index contributed by atoms with van der Waals surface area (Å²) in [5.41, 5.74) is 0. The minimum atomic E-state index is -0.231. The number of carbonyl (C=O) groups is 1. The summed E-state index contributed by atoms with van der Waals surface area (Å²) in [7, 11) is 0. The summed E-state index contributed by atoms with van der Waals surface area (Å²) in [4.78, 5) is 12.8. The Kier molecular flexibility index (Phi) is 6.54. The highest BCUT2D eigenvalue weighted by Crippen LogP contribution is 2.09. The van der Waals surface area contributed by atoms with Gasteiger partial charge in [0.15, 0.2) is 6.10 Å². The van der Waals surface area contributed by atoms with E-state index in [1.54, 1.807) is 0 Å². The van der Waals surface area contributed by atoms with Gasteiger partial charge in [-0.15, -0.1) is 0 Å². The monoisotopic (exact) mass is 292 g/mol. The fraction of sp³-hybridized carbons (Fsp3) is 0.588. The molecule has 0 radical (unpaired) electrons. The summed E-state index contributed by atoms with van der Waals surface area (Å²) in [6.07, 6.45) is 5.00. The molecule has 1 heterocycles. The lowest BCUT2D eigenvalue weighted by molar-refractivity contribution is -0.902. The molecule has 1 aromatic carbocycles. The van der Waals surface area contributed by atoms with Gasteiger partial charge in [-0.2, -0.15) is 0 Å². The number of benzene rings is 1. The highest BCUT2D eigenvalue weighted by molar-refractivity contribution is 5.66. The van der Waals surface area contributed by atoms with Gasteiger partial charge in [-0.3, -0.25) is 4.79 Å². The lowest BCUT2D eigenvalue weighted by Gasteiger charge is -2.23. The Hall–Kier alpha value is -1.55. The molecular weight excluding hydrogens is 266 g/mol. The van der Waals surface area contributed by atoms with Crippen molar-refractivity contribution in [3.8, 4) is 5.75 Å². The average Bonchev–Trinajstić information content (AvgIpc) is 2.74. The number of carbonyl (C=O) groups excluding carboxylic acids is 1. The van der Waals surface area contributed by atoms with Gasteiger partial charge in [-0.1, -0.05) is 18.2 Å². The van der Waals surface area contributed by atoms with Gasteiger partial charge >= 0.3 is 5.97 Å². The minimum Gasteiger partial charge on any atom is -0.489 e. The van der Waals surface area contributed by atoms with Crippen LogP contribution in [0.15, 0.2) is 30.3 Å². The first-order valence-electron chi connectivity index (χ1n) is 7.92. The maximum atomic E-state index is 11.3. The van der Waals surface area contributed by atoms with E-state index in [1.165, 1.54) is 50.6 Å². The Balaban J connectivity index is 1.85. The molecule has 21 heavy (non-hydrogen) atoms. The average molecular weight is 292 g/mol. The number of ether oxygens (including phenoxy) is 2. The molecule has 1 fully saturated rings. The van der Waals surface area contributed by atoms with Gasteiger partial charge in [0.25, 0.3) is 0 Å². The molecule has 0 bridgehead atoms. The number of esters is 1. The van der Waals surface area contributed by atoms with Crippen LogP contribution < -0.4 is 9.64 Å². The van der Waals surface area contributed by atoms with Crippen LogP contribution in [-0.2, 0) is 9.53 Å². The molecule has 4 nitrogen and oxygen atoms in total. The highest BCUT2D eigenvalue weighted by Gasteiger charge is 2.21. The first kappa shape index (κ1) is 15.8. The van der Waals surface area contributed by atoms with Crippen molar-refractivity contribution < 1.29 is 19.2 Å². The molecule has 1 saturated heterocycles. The zero-order chi connectivity index (χ0) is 14.9. The summed E-state index contributed by atoms with van der Waals surface area (Å²) in [6, 6.07) is 9.68. The number of rotatable bonds is 6. The van der Waals surface area contributed by atoms with E-state index < -0.39 is 0 Å². The molecule has 1 atom stereocenters. The summed E-state index contributed by atoms with van der Waals surface area (Å²) in [6.45, 7) is 5.07. The Morgan fingerprint density at radius 1 is 1.14 bits per heavy atom. The van der Waals surface area contributed by atoms with E-state index in [9.17, 15) is 4.79 Å². The van der Waals surface area contributed by atoms with Crippen molar-refractivity contribution in [1.29, 1.82) is 0 Å². The molecule has 4 heteroatoms. The van der Waals surface area contributed by atoms with Crippen molar-refractivity contribution >= 4 is 5.97 Å². The molecule has 1 aliphatic heterocycles. The van der Waals surface area contributed by atoms with E-state index >= 15 is 0 Å². The highest BCUT2D eigenvalue weighted by atomic mass is 16.6. The van der Waals surface area contributed by atoms with Crippen molar-refractivity contribution in [3.63, 3.8) is 0 Å². The van der Waals surface area contributed by atoms with Gasteiger partial charge in [0.1, 0.15) is 18.9 Å². The van der Waals surface area contributed by atoms with E-state index in [4.69, 9.17) is 9.47 Å². The van der Waals surface area contributed by atoms with Crippen molar-refractivity contribution in [2.24, 2.45) is 0 Å². The van der Waals surface area contributed by atoms with Gasteiger partial charge in [-0.25, -0.2) is 0 Å². The molecule has 0 unspecified atom stereocenters. The molecule has 2 rings (SSSR count). The summed E-state index contributed by atoms with van der Waals surface area (Å²) < 4.78 is 11.2. The third kappa shape index (κ3) is 6.17. The van der Waals surface area contributed by atoms with Crippen LogP contribution in [0.1, 0.15) is 32.6 Å². The number of nitrogens with one attached hydrogen (secondary N) is 1. The molecule has 0 saturated carbocycles. The standard InChI is InChI=1S/C17H25NO3/c1-15(19)21-17(13-18-11-7-2-3-8-12-18)14-20-16-9-5-4-6-10-16/h4-6,9-10,17H,2-3,7-8,11-14H2,1H3/p+1/t17-/m1/s1. The molecule has 0 aliphatic carbocycles. The van der Waals surface area contributed by atoms with Crippen LogP contribution in [0.5, 0.6) is 5.75 Å². The van der Waals surface area contributed by atoms with Gasteiger partial charge in [-0.05, 0) is 37.8 Å². The maximum absolute atomic E-state index is 11.3. The molecular formula is C17H26NO3+. The molecule has 0 amide bonds. The lowest BCUT2D eigenvalue weighted by atomic mass is 10.2. The number of quaternary nitrogens is 1. The van der Waals surface area contributed by atoms with Crippen molar-refractivity contribution in [2.75, 3.05) is 26.2 Å². The van der Waals surface area contributed by atoms with Crippen molar-refractivity contribution in [3.05, 3.63) is 30.3 Å². The number of hydrogen-bond acceptors (Lipinski definition) is 3. The topological polar surface area (TPSA) is 40.0 Å². The maximum Gasteiger partial charge on any atom is 0.303 e. The van der Waals surface area contributed by atoms with Gasteiger partial charge in [0.2, 0.25) is 0 Å². The van der Waals surface area contributed by atoms with Gasteiger partial charge in [0, 0.05) is 6.92 Å². The quantitative estimate of drug-likeness (QED) is 0.807. The van der Waals surface area contributed by atoms with Crippen LogP contribution in [0.2, 0.25) is 0 Å². The van der Waals surface area contributed by atoms with E-state index in [-0.39, 0.29) is 12.1 Å². The smallest absolute Gasteiger partial charge is 0.303 e. The molecule has 116 valence electrons. The molecule has 1 aliphatic rings. The summed E-state index contributed by atoms with van der Waals surface area (Å²) in [5, 5.41) is 0. The van der Waals surface area contributed by atoms with Crippen LogP contribution in [0, 0.1) is 0 Å². The van der Waals surface area contributed by atoms with E-state index in [0.717, 1.165) is 12.3 Å². The van der Waals surface area contributed by atoms with Gasteiger partial charge in [0.05, 0.1) is 13.1 Å². The predicted octanol–water partition coefficient (Wildman–Crippen LogP) is 1.46. The van der Waals surface area contributed by atoms with Crippen molar-refractivity contribution in [2.45, 2.75) is 38.7 Å². The molecule has 0 aromatic heterocycles. The predicted molar refractivity (Wildman–Crippen MR) is 81.5 cm³/mol. The molecule has 1 N–H and O–H groups in total. The van der Waals surface area contributed by atoms with E-state index in [0.29, 0.717) is 6.61 Å². The zero-order valence-electron chi connectivity index (χ0n) is 12.8. The summed E-state index contributed by atoms with van der Waals surface area (Å²) in [5.74, 6) is 0.589. The van der Waals surface area contributed by atoms with Crippen LogP contribution >= 0.6 is 0 Å². The second-order valence-electron chi connectivity index (χ2n) is 5.72. The lowest BCUT2D eigenvalue weighted by Crippen LogP contribution is -3.13. The Labute approximate surface area is 127 Å². The van der Waals surface area contributed by atoms with Crippen LogP contribution in [-0.4, -0.2) is 38.3 Å². The fourth-order valence-electron chi connectivity index (χ4n) is 2.83. The third-order valence-electron chi connectivity index (χ3n) is 3.84. The fourth-order valence-corrected chi connectivity index (χ4v) is 2.83. The minimum absolute atomic E-state index is 0.171. The number of para-hydroxylation sites is 1. The zero-order valence-corrected chi connectivity index (χ0v) is 12.8.